The lowest BCUT2D eigenvalue weighted by Gasteiger charge is -2.34. The molecule has 236 valence electrons. The van der Waals surface area contributed by atoms with Crippen molar-refractivity contribution in [1.29, 1.82) is 0 Å². The molecule has 0 aliphatic rings. The fourth-order valence-electron chi connectivity index (χ4n) is 5.14. The Balaban J connectivity index is 1.78. The summed E-state index contributed by atoms with van der Waals surface area (Å²) in [5.41, 5.74) is 5.04. The van der Waals surface area contributed by atoms with Gasteiger partial charge in [0.1, 0.15) is 12.6 Å². The molecule has 0 unspecified atom stereocenters. The molecule has 0 radical (unpaired) electrons. The highest BCUT2D eigenvalue weighted by atomic mass is 32.2. The number of hydrogen-bond donors (Lipinski definition) is 1. The molecule has 0 aromatic heterocycles. The molecule has 0 saturated heterocycles. The van der Waals surface area contributed by atoms with Crippen molar-refractivity contribution < 1.29 is 18.0 Å². The van der Waals surface area contributed by atoms with Crippen LogP contribution in [-0.4, -0.2) is 44.3 Å². The van der Waals surface area contributed by atoms with E-state index in [0.29, 0.717) is 12.2 Å². The number of unbranched alkanes of at least 4 members (excludes halogenated alkanes) is 1. The van der Waals surface area contributed by atoms with Gasteiger partial charge in [0.05, 0.1) is 10.6 Å². The topological polar surface area (TPSA) is 86.8 Å². The van der Waals surface area contributed by atoms with Gasteiger partial charge in [0, 0.05) is 19.5 Å². The highest BCUT2D eigenvalue weighted by Crippen LogP contribution is 2.26. The highest BCUT2D eigenvalue weighted by molar-refractivity contribution is 7.92. The third kappa shape index (κ3) is 9.05. The summed E-state index contributed by atoms with van der Waals surface area (Å²) >= 11 is 0. The third-order valence-corrected chi connectivity index (χ3v) is 9.53. The zero-order chi connectivity index (χ0) is 32.4. The first-order valence-corrected chi connectivity index (χ1v) is 16.8. The number of carbonyl (C=O) groups is 2. The Morgan fingerprint density at radius 1 is 0.756 bits per heavy atom. The maximum absolute atomic E-state index is 14.5. The zero-order valence-corrected chi connectivity index (χ0v) is 27.4. The number of amides is 2. The minimum Gasteiger partial charge on any atom is -0.354 e. The van der Waals surface area contributed by atoms with E-state index in [1.807, 2.05) is 87.5 Å². The van der Waals surface area contributed by atoms with Gasteiger partial charge in [-0.3, -0.25) is 13.9 Å². The molecular formula is C37H43N3O4S. The van der Waals surface area contributed by atoms with Gasteiger partial charge in [-0.15, -0.1) is 0 Å². The van der Waals surface area contributed by atoms with Crippen LogP contribution in [0.25, 0.3) is 0 Å². The van der Waals surface area contributed by atoms with E-state index in [1.54, 1.807) is 36.4 Å². The summed E-state index contributed by atoms with van der Waals surface area (Å²) in [5, 5.41) is 3.02. The first-order chi connectivity index (χ1) is 21.6. The lowest BCUT2D eigenvalue weighted by Crippen LogP contribution is -2.53. The largest absolute Gasteiger partial charge is 0.354 e. The number of hydrogen-bond acceptors (Lipinski definition) is 4. The van der Waals surface area contributed by atoms with Crippen LogP contribution < -0.4 is 9.62 Å². The van der Waals surface area contributed by atoms with E-state index in [9.17, 15) is 18.0 Å². The van der Waals surface area contributed by atoms with Gasteiger partial charge in [0.2, 0.25) is 11.8 Å². The summed E-state index contributed by atoms with van der Waals surface area (Å²) in [4.78, 5) is 30.0. The number of anilines is 1. The molecule has 1 atom stereocenters. The first kappa shape index (κ1) is 33.5. The van der Waals surface area contributed by atoms with Crippen LogP contribution in [0.2, 0.25) is 0 Å². The number of benzene rings is 4. The Kier molecular flexibility index (Phi) is 11.5. The summed E-state index contributed by atoms with van der Waals surface area (Å²) in [5.74, 6) is -0.740. The van der Waals surface area contributed by atoms with Crippen molar-refractivity contribution in [3.8, 4) is 0 Å². The highest BCUT2D eigenvalue weighted by Gasteiger charge is 2.34. The molecule has 45 heavy (non-hydrogen) atoms. The van der Waals surface area contributed by atoms with E-state index < -0.39 is 28.5 Å². The van der Waals surface area contributed by atoms with Crippen LogP contribution in [0.4, 0.5) is 5.69 Å². The predicted molar refractivity (Wildman–Crippen MR) is 180 cm³/mol. The predicted octanol–water partition coefficient (Wildman–Crippen LogP) is 6.36. The van der Waals surface area contributed by atoms with Gasteiger partial charge in [-0.2, -0.15) is 0 Å². The smallest absolute Gasteiger partial charge is 0.264 e. The Morgan fingerprint density at radius 2 is 1.38 bits per heavy atom. The number of nitrogens with zero attached hydrogens (tertiary/aromatic N) is 2. The maximum atomic E-state index is 14.5. The average molecular weight is 626 g/mol. The van der Waals surface area contributed by atoms with Crippen LogP contribution in [0.3, 0.4) is 0 Å². The number of sulfonamides is 1. The molecule has 0 heterocycles. The number of rotatable bonds is 14. The second kappa shape index (κ2) is 15.5. The Hall–Kier alpha value is -4.43. The van der Waals surface area contributed by atoms with Crippen LogP contribution >= 0.6 is 0 Å². The summed E-state index contributed by atoms with van der Waals surface area (Å²) < 4.78 is 29.4. The number of nitrogens with one attached hydrogen (secondary N) is 1. The minimum atomic E-state index is -4.13. The third-order valence-electron chi connectivity index (χ3n) is 7.75. The first-order valence-electron chi connectivity index (χ1n) is 15.4. The van der Waals surface area contributed by atoms with Gasteiger partial charge >= 0.3 is 0 Å². The lowest BCUT2D eigenvalue weighted by atomic mass is 10.0. The Bertz CT molecular complexity index is 1670. The van der Waals surface area contributed by atoms with Gasteiger partial charge in [0.15, 0.2) is 0 Å². The van der Waals surface area contributed by atoms with E-state index in [-0.39, 0.29) is 23.8 Å². The van der Waals surface area contributed by atoms with Crippen LogP contribution in [0.5, 0.6) is 0 Å². The Labute approximate surface area is 268 Å². The molecule has 4 aromatic carbocycles. The molecule has 2 amide bonds. The average Bonchev–Trinajstić information content (AvgIpc) is 3.02. The molecule has 0 aliphatic heterocycles. The molecule has 0 aliphatic carbocycles. The van der Waals surface area contributed by atoms with Crippen molar-refractivity contribution in [1.82, 2.24) is 10.2 Å². The van der Waals surface area contributed by atoms with Gasteiger partial charge in [-0.25, -0.2) is 8.42 Å². The second-order valence-electron chi connectivity index (χ2n) is 11.5. The zero-order valence-electron chi connectivity index (χ0n) is 26.6. The molecule has 1 N–H and O–H groups in total. The Morgan fingerprint density at radius 3 is 2.00 bits per heavy atom. The van der Waals surface area contributed by atoms with Crippen LogP contribution in [-0.2, 0) is 32.6 Å². The molecule has 0 saturated carbocycles. The normalized spacial score (nSPS) is 11.9. The van der Waals surface area contributed by atoms with Gasteiger partial charge in [-0.1, -0.05) is 109 Å². The minimum absolute atomic E-state index is 0.0878. The van der Waals surface area contributed by atoms with E-state index in [1.165, 1.54) is 4.90 Å². The summed E-state index contributed by atoms with van der Waals surface area (Å²) in [6, 6.07) is 30.2. The van der Waals surface area contributed by atoms with E-state index >= 15 is 0 Å². The maximum Gasteiger partial charge on any atom is 0.264 e. The van der Waals surface area contributed by atoms with Crippen molar-refractivity contribution in [2.24, 2.45) is 0 Å². The van der Waals surface area contributed by atoms with Crippen molar-refractivity contribution >= 4 is 27.5 Å². The second-order valence-corrected chi connectivity index (χ2v) is 13.4. The van der Waals surface area contributed by atoms with Crippen molar-refractivity contribution in [2.45, 2.75) is 64.4 Å². The molecular weight excluding hydrogens is 582 g/mol. The van der Waals surface area contributed by atoms with Crippen LogP contribution in [0.15, 0.2) is 108 Å². The van der Waals surface area contributed by atoms with Gasteiger partial charge in [0.25, 0.3) is 10.0 Å². The lowest BCUT2D eigenvalue weighted by molar-refractivity contribution is -0.140. The van der Waals surface area contributed by atoms with Crippen molar-refractivity contribution in [3.05, 3.63) is 131 Å². The summed E-state index contributed by atoms with van der Waals surface area (Å²) in [7, 11) is -4.13. The van der Waals surface area contributed by atoms with Crippen LogP contribution in [0.1, 0.15) is 47.6 Å². The SMILES string of the molecule is CCCCNC(=O)[C@@H](Cc1ccccc1)N(Cc1cccc(C)c1)C(=O)CN(c1ccc(C)cc1)S(=O)(=O)c1ccc(C)cc1. The monoisotopic (exact) mass is 625 g/mol. The quantitative estimate of drug-likeness (QED) is 0.165. The fourth-order valence-corrected chi connectivity index (χ4v) is 6.56. The molecule has 0 bridgehead atoms. The molecule has 0 fully saturated rings. The van der Waals surface area contributed by atoms with Crippen molar-refractivity contribution in [2.75, 3.05) is 17.4 Å². The van der Waals surface area contributed by atoms with Gasteiger partial charge in [-0.05, 0) is 62.6 Å². The van der Waals surface area contributed by atoms with Gasteiger partial charge < -0.3 is 10.2 Å². The standard InChI is InChI=1S/C37H43N3O4S/c1-5-6-23-38-37(42)35(25-31-12-8-7-9-13-31)39(26-32-14-10-11-30(4)24-32)36(41)27-40(33-19-15-28(2)16-20-33)45(43,44)34-21-17-29(3)18-22-34/h7-22,24,35H,5-6,23,25-27H2,1-4H3,(H,38,42)/t35-/m1/s1. The van der Waals surface area contributed by atoms with E-state index in [4.69, 9.17) is 0 Å². The molecule has 0 spiro atoms. The molecule has 7 nitrogen and oxygen atoms in total. The fraction of sp³-hybridized carbons (Fsp3) is 0.297. The van der Waals surface area contributed by atoms with E-state index in [2.05, 4.69) is 12.2 Å². The molecule has 8 heteroatoms. The summed E-state index contributed by atoms with van der Waals surface area (Å²) in [6.07, 6.45) is 2.01. The summed E-state index contributed by atoms with van der Waals surface area (Å²) in [6.45, 7) is 7.99. The molecule has 4 rings (SSSR count). The number of aryl methyl sites for hydroxylation is 3. The molecule has 4 aromatic rings. The van der Waals surface area contributed by atoms with Crippen molar-refractivity contribution in [3.63, 3.8) is 0 Å². The van der Waals surface area contributed by atoms with Crippen LogP contribution in [0, 0.1) is 20.8 Å². The number of carbonyl (C=O) groups excluding carboxylic acids is 2. The van der Waals surface area contributed by atoms with E-state index in [0.717, 1.165) is 45.0 Å².